The van der Waals surface area contributed by atoms with Gasteiger partial charge in [-0.15, -0.1) is 22.7 Å². The highest BCUT2D eigenvalue weighted by Crippen LogP contribution is 2.41. The largest absolute Gasteiger partial charge is 0.309 e. The van der Waals surface area contributed by atoms with E-state index in [1.165, 1.54) is 90.1 Å². The minimum Gasteiger partial charge on any atom is -0.309 e. The van der Waals surface area contributed by atoms with Gasteiger partial charge in [-0.05, 0) is 95.1 Å². The number of fused-ring (bicyclic) bond motifs is 9. The summed E-state index contributed by atoms with van der Waals surface area (Å²) >= 11 is 7.58. The summed E-state index contributed by atoms with van der Waals surface area (Å²) in [6, 6.07) is 53.7. The number of hydrogen-bond donors (Lipinski definition) is 0. The zero-order valence-corrected chi connectivity index (χ0v) is 27.7. The first-order valence-electron chi connectivity index (χ1n) is 15.4. The number of nitrogens with zero attached hydrogens (tertiary/aromatic N) is 1. The number of benzene rings is 7. The molecule has 3 heterocycles. The predicted octanol–water partition coefficient (Wildman–Crippen LogP) is 13.6. The van der Waals surface area contributed by atoms with Crippen LogP contribution in [0.4, 0.5) is 0 Å². The van der Waals surface area contributed by atoms with Crippen molar-refractivity contribution in [3.63, 3.8) is 0 Å². The molecule has 0 fully saturated rings. The lowest BCUT2D eigenvalue weighted by Gasteiger charge is -2.10. The van der Waals surface area contributed by atoms with Gasteiger partial charge < -0.3 is 4.57 Å². The Balaban J connectivity index is 1.12. The minimum atomic E-state index is 1.08. The Morgan fingerprint density at radius 2 is 0.935 bits per heavy atom. The topological polar surface area (TPSA) is 4.93 Å². The molecule has 0 atom stereocenters. The highest BCUT2D eigenvalue weighted by molar-refractivity contribution is 9.10. The molecule has 4 heteroatoms. The van der Waals surface area contributed by atoms with Crippen molar-refractivity contribution >= 4 is 101 Å². The van der Waals surface area contributed by atoms with Crippen LogP contribution in [0.25, 0.3) is 90.1 Å². The highest BCUT2D eigenvalue weighted by atomic mass is 79.9. The van der Waals surface area contributed by atoms with Gasteiger partial charge in [-0.25, -0.2) is 0 Å². The van der Waals surface area contributed by atoms with E-state index in [0.29, 0.717) is 0 Å². The number of rotatable bonds is 3. The average Bonchev–Trinajstić information content (AvgIpc) is 3.76. The van der Waals surface area contributed by atoms with Crippen molar-refractivity contribution in [1.82, 2.24) is 4.57 Å². The second-order valence-corrected chi connectivity index (χ2v) is 15.0. The van der Waals surface area contributed by atoms with E-state index in [9.17, 15) is 0 Å². The number of halogens is 1. The maximum atomic E-state index is 3.85. The van der Waals surface area contributed by atoms with Crippen LogP contribution in [-0.4, -0.2) is 4.57 Å². The second kappa shape index (κ2) is 10.1. The molecular weight excluding hydrogens is 663 g/mol. The van der Waals surface area contributed by atoms with E-state index in [4.69, 9.17) is 0 Å². The molecule has 10 aromatic rings. The van der Waals surface area contributed by atoms with Crippen molar-refractivity contribution in [2.75, 3.05) is 0 Å². The van der Waals surface area contributed by atoms with Gasteiger partial charge in [0.15, 0.2) is 0 Å². The van der Waals surface area contributed by atoms with Crippen LogP contribution in [0.5, 0.6) is 0 Å². The first kappa shape index (κ1) is 26.5. The van der Waals surface area contributed by atoms with Crippen molar-refractivity contribution < 1.29 is 0 Å². The molecule has 0 N–H and O–H groups in total. The van der Waals surface area contributed by atoms with Crippen LogP contribution in [0.15, 0.2) is 150 Å². The molecule has 1 nitrogen and oxygen atoms in total. The molecule has 0 aliphatic carbocycles. The van der Waals surface area contributed by atoms with Crippen LogP contribution < -0.4 is 0 Å². The molecule has 0 aliphatic rings. The van der Waals surface area contributed by atoms with Crippen molar-refractivity contribution in [1.29, 1.82) is 0 Å². The lowest BCUT2D eigenvalue weighted by molar-refractivity contribution is 1.19. The molecule has 0 bridgehead atoms. The lowest BCUT2D eigenvalue weighted by atomic mass is 9.97. The molecule has 7 aromatic carbocycles. The SMILES string of the molecule is Brc1cc(-c2ccc3sc4ccccc4c3c2)cc(-c2ccc3c(c2)c2ccccc2n3-c2ccc3c(c2)sc2ccccc23)c1. The summed E-state index contributed by atoms with van der Waals surface area (Å²) in [7, 11) is 0. The molecular formula is C42H24BrNS2. The zero-order chi connectivity index (χ0) is 30.4. The number of aromatic nitrogens is 1. The standard InChI is InChI=1S/C42H24BrNS2/c43-29-20-27(19-28(21-29)26-14-18-41-36(23-26)33-9-3-6-12-40(33)45-41)25-13-17-38-35(22-25)31-7-1-4-10-37(31)44(38)30-15-16-34-32-8-2-5-11-39(32)46-42(34)24-30/h1-24H. The Morgan fingerprint density at radius 1 is 0.370 bits per heavy atom. The number of para-hydroxylation sites is 1. The van der Waals surface area contributed by atoms with Crippen molar-refractivity contribution in [2.24, 2.45) is 0 Å². The third-order valence-electron chi connectivity index (χ3n) is 9.23. The van der Waals surface area contributed by atoms with E-state index in [2.05, 4.69) is 166 Å². The fourth-order valence-corrected chi connectivity index (χ4v) is 9.83. The predicted molar refractivity (Wildman–Crippen MR) is 205 cm³/mol. The Kier molecular flexibility index (Phi) is 5.83. The summed E-state index contributed by atoms with van der Waals surface area (Å²) in [5.41, 5.74) is 8.48. The smallest absolute Gasteiger partial charge is 0.0541 e. The maximum Gasteiger partial charge on any atom is 0.0541 e. The maximum absolute atomic E-state index is 3.85. The normalized spacial score (nSPS) is 12.0. The Labute approximate surface area is 281 Å². The van der Waals surface area contributed by atoms with Gasteiger partial charge in [0.2, 0.25) is 0 Å². The quantitative estimate of drug-likeness (QED) is 0.174. The molecule has 0 aliphatic heterocycles. The van der Waals surface area contributed by atoms with Crippen LogP contribution in [0.3, 0.4) is 0 Å². The summed E-state index contributed by atoms with van der Waals surface area (Å²) in [6.45, 7) is 0. The van der Waals surface area contributed by atoms with Gasteiger partial charge in [0.05, 0.1) is 11.0 Å². The van der Waals surface area contributed by atoms with E-state index in [1.54, 1.807) is 0 Å². The Morgan fingerprint density at radius 3 is 1.72 bits per heavy atom. The van der Waals surface area contributed by atoms with Crippen LogP contribution in [-0.2, 0) is 0 Å². The monoisotopic (exact) mass is 685 g/mol. The number of thiophene rings is 2. The van der Waals surface area contributed by atoms with Crippen molar-refractivity contribution in [2.45, 2.75) is 0 Å². The number of hydrogen-bond acceptors (Lipinski definition) is 2. The molecule has 3 aromatic heterocycles. The summed E-state index contributed by atoms with van der Waals surface area (Å²) in [6.07, 6.45) is 0. The fourth-order valence-electron chi connectivity index (χ4n) is 7.11. The Hall–Kier alpha value is -4.74. The van der Waals surface area contributed by atoms with Crippen LogP contribution in [0.1, 0.15) is 0 Å². The highest BCUT2D eigenvalue weighted by Gasteiger charge is 2.15. The molecule has 46 heavy (non-hydrogen) atoms. The molecule has 0 spiro atoms. The molecule has 10 rings (SSSR count). The third kappa shape index (κ3) is 4.04. The van der Waals surface area contributed by atoms with Crippen LogP contribution in [0.2, 0.25) is 0 Å². The molecule has 0 saturated carbocycles. The first-order chi connectivity index (χ1) is 22.7. The van der Waals surface area contributed by atoms with Crippen LogP contribution in [0, 0.1) is 0 Å². The molecule has 216 valence electrons. The van der Waals surface area contributed by atoms with E-state index in [1.807, 2.05) is 22.7 Å². The van der Waals surface area contributed by atoms with Gasteiger partial charge in [-0.2, -0.15) is 0 Å². The van der Waals surface area contributed by atoms with Gasteiger partial charge >= 0.3 is 0 Å². The van der Waals surface area contributed by atoms with Gasteiger partial charge in [0, 0.05) is 61.3 Å². The van der Waals surface area contributed by atoms with Crippen molar-refractivity contribution in [3.8, 4) is 27.9 Å². The summed E-state index contributed by atoms with van der Waals surface area (Å²) < 4.78 is 8.81. The van der Waals surface area contributed by atoms with Gasteiger partial charge in [0.25, 0.3) is 0 Å². The fraction of sp³-hybridized carbons (Fsp3) is 0. The molecule has 0 radical (unpaired) electrons. The molecule has 0 amide bonds. The first-order valence-corrected chi connectivity index (χ1v) is 17.8. The minimum absolute atomic E-state index is 1.08. The van der Waals surface area contributed by atoms with Crippen LogP contribution >= 0.6 is 38.6 Å². The summed E-state index contributed by atoms with van der Waals surface area (Å²) in [4.78, 5) is 0. The summed E-state index contributed by atoms with van der Waals surface area (Å²) in [5.74, 6) is 0. The van der Waals surface area contributed by atoms with E-state index in [0.717, 1.165) is 4.47 Å². The zero-order valence-electron chi connectivity index (χ0n) is 24.5. The lowest BCUT2D eigenvalue weighted by Crippen LogP contribution is -1.93. The Bertz CT molecular complexity index is 2830. The van der Waals surface area contributed by atoms with Gasteiger partial charge in [0.1, 0.15) is 0 Å². The van der Waals surface area contributed by atoms with Gasteiger partial charge in [-0.3, -0.25) is 0 Å². The summed E-state index contributed by atoms with van der Waals surface area (Å²) in [5, 5.41) is 7.83. The van der Waals surface area contributed by atoms with E-state index in [-0.39, 0.29) is 0 Å². The molecule has 0 unspecified atom stereocenters. The average molecular weight is 687 g/mol. The second-order valence-electron chi connectivity index (χ2n) is 11.9. The molecule has 0 saturated heterocycles. The van der Waals surface area contributed by atoms with Gasteiger partial charge in [-0.1, -0.05) is 88.7 Å². The van der Waals surface area contributed by atoms with Crippen molar-refractivity contribution in [3.05, 3.63) is 150 Å². The van der Waals surface area contributed by atoms with E-state index < -0.39 is 0 Å². The third-order valence-corrected chi connectivity index (χ3v) is 12.0. The van der Waals surface area contributed by atoms with E-state index >= 15 is 0 Å².